The van der Waals surface area contributed by atoms with Gasteiger partial charge in [-0.3, -0.25) is 14.3 Å². The van der Waals surface area contributed by atoms with Gasteiger partial charge in [0.05, 0.1) is 0 Å². The van der Waals surface area contributed by atoms with E-state index < -0.39 is 11.2 Å². The van der Waals surface area contributed by atoms with Crippen molar-refractivity contribution < 1.29 is 0 Å². The molecule has 1 N–H and O–H groups in total. The van der Waals surface area contributed by atoms with E-state index in [1.807, 2.05) is 0 Å². The lowest BCUT2D eigenvalue weighted by Gasteiger charge is -2.02. The number of aromatic nitrogens is 4. The maximum Gasteiger partial charge on any atom is 0.329 e. The number of rotatable bonds is 2. The minimum atomic E-state index is -0.492. The fourth-order valence-corrected chi connectivity index (χ4v) is 2.15. The summed E-state index contributed by atoms with van der Waals surface area (Å²) in [6.07, 6.45) is 1.75. The molecule has 2 aromatic rings. The second-order valence-electron chi connectivity index (χ2n) is 3.77. The number of hydrogen-bond acceptors (Lipinski definition) is 3. The van der Waals surface area contributed by atoms with Gasteiger partial charge in [-0.1, -0.05) is 17.7 Å². The van der Waals surface area contributed by atoms with Crippen molar-refractivity contribution >= 4 is 38.7 Å². The Hall–Kier alpha value is -1.34. The molecule has 0 saturated heterocycles. The van der Waals surface area contributed by atoms with Crippen LogP contribution in [0.5, 0.6) is 0 Å². The summed E-state index contributed by atoms with van der Waals surface area (Å²) in [6.45, 7) is 2.14. The number of nitrogens with zero attached hydrogens (tertiary/aromatic N) is 3. The molecular formula is C10H10BrClN4O2. The standard InChI is InChI=1S/C10H10BrClN4O2/c1-5(12)3-4-16-6-7(13-9(16)11)15(2)10(18)14-8(6)17/h3H,4H2,1-2H3,(H,14,17,18). The third kappa shape index (κ3) is 2.15. The summed E-state index contributed by atoms with van der Waals surface area (Å²) in [4.78, 5) is 29.7. The molecule has 0 fully saturated rings. The van der Waals surface area contributed by atoms with Crippen LogP contribution in [0.2, 0.25) is 0 Å². The smallest absolute Gasteiger partial charge is 0.309 e. The van der Waals surface area contributed by atoms with Gasteiger partial charge in [-0.05, 0) is 22.9 Å². The van der Waals surface area contributed by atoms with Crippen LogP contribution in [0.1, 0.15) is 6.92 Å². The van der Waals surface area contributed by atoms with Gasteiger partial charge in [0, 0.05) is 18.6 Å². The lowest BCUT2D eigenvalue weighted by Crippen LogP contribution is -2.29. The average Bonchev–Trinajstić information content (AvgIpc) is 2.61. The van der Waals surface area contributed by atoms with Crippen molar-refractivity contribution in [2.75, 3.05) is 0 Å². The summed E-state index contributed by atoms with van der Waals surface area (Å²) in [5.41, 5.74) is -0.296. The molecule has 0 aliphatic rings. The molecule has 2 aromatic heterocycles. The zero-order valence-electron chi connectivity index (χ0n) is 9.70. The van der Waals surface area contributed by atoms with E-state index in [-0.39, 0.29) is 0 Å². The Bertz CT molecular complexity index is 752. The highest BCUT2D eigenvalue weighted by molar-refractivity contribution is 9.10. The van der Waals surface area contributed by atoms with E-state index in [0.717, 1.165) is 0 Å². The van der Waals surface area contributed by atoms with Crippen LogP contribution in [-0.2, 0) is 13.6 Å². The zero-order chi connectivity index (χ0) is 13.4. The molecular weight excluding hydrogens is 323 g/mol. The summed E-state index contributed by atoms with van der Waals surface area (Å²) in [6, 6.07) is 0. The number of fused-ring (bicyclic) bond motifs is 1. The summed E-state index contributed by atoms with van der Waals surface area (Å²) < 4.78 is 3.40. The van der Waals surface area contributed by atoms with E-state index in [4.69, 9.17) is 11.6 Å². The number of aryl methyl sites for hydroxylation is 1. The first-order valence-corrected chi connectivity index (χ1v) is 6.26. The lowest BCUT2D eigenvalue weighted by molar-refractivity contribution is 0.807. The van der Waals surface area contributed by atoms with E-state index in [1.165, 1.54) is 4.57 Å². The van der Waals surface area contributed by atoms with Crippen molar-refractivity contribution in [3.05, 3.63) is 36.7 Å². The molecule has 96 valence electrons. The Kier molecular flexibility index (Phi) is 3.45. The minimum Gasteiger partial charge on any atom is -0.309 e. The third-order valence-corrected chi connectivity index (χ3v) is 3.28. The first-order valence-electron chi connectivity index (χ1n) is 5.09. The normalized spacial score (nSPS) is 12.3. The lowest BCUT2D eigenvalue weighted by atomic mass is 10.4. The molecule has 18 heavy (non-hydrogen) atoms. The quantitative estimate of drug-likeness (QED) is 0.843. The van der Waals surface area contributed by atoms with Gasteiger partial charge in [0.2, 0.25) is 0 Å². The van der Waals surface area contributed by atoms with Gasteiger partial charge < -0.3 is 4.57 Å². The van der Waals surface area contributed by atoms with Crippen molar-refractivity contribution in [2.24, 2.45) is 7.05 Å². The van der Waals surface area contributed by atoms with Crippen LogP contribution in [0.15, 0.2) is 25.4 Å². The monoisotopic (exact) mass is 332 g/mol. The Morgan fingerprint density at radius 3 is 2.83 bits per heavy atom. The van der Waals surface area contributed by atoms with Gasteiger partial charge in [-0.15, -0.1) is 0 Å². The van der Waals surface area contributed by atoms with Gasteiger partial charge in [0.15, 0.2) is 15.9 Å². The minimum absolute atomic E-state index is 0.330. The number of nitrogens with one attached hydrogen (secondary N) is 1. The van der Waals surface area contributed by atoms with Gasteiger partial charge in [0.25, 0.3) is 5.56 Å². The second-order valence-corrected chi connectivity index (χ2v) is 5.08. The Labute approximate surface area is 115 Å². The van der Waals surface area contributed by atoms with Gasteiger partial charge >= 0.3 is 5.69 Å². The zero-order valence-corrected chi connectivity index (χ0v) is 12.0. The van der Waals surface area contributed by atoms with E-state index in [9.17, 15) is 9.59 Å². The highest BCUT2D eigenvalue weighted by atomic mass is 79.9. The van der Waals surface area contributed by atoms with Gasteiger partial charge in [-0.25, -0.2) is 9.78 Å². The van der Waals surface area contributed by atoms with Crippen LogP contribution < -0.4 is 11.2 Å². The second kappa shape index (κ2) is 4.74. The highest BCUT2D eigenvalue weighted by Crippen LogP contribution is 2.16. The topological polar surface area (TPSA) is 72.7 Å². The highest BCUT2D eigenvalue weighted by Gasteiger charge is 2.14. The molecule has 0 amide bonds. The first kappa shape index (κ1) is 13.1. The van der Waals surface area contributed by atoms with Crippen molar-refractivity contribution in [1.82, 2.24) is 19.1 Å². The largest absolute Gasteiger partial charge is 0.329 e. The number of H-pyrrole nitrogens is 1. The van der Waals surface area contributed by atoms with E-state index in [2.05, 4.69) is 25.9 Å². The fourth-order valence-electron chi connectivity index (χ4n) is 1.59. The molecule has 6 nitrogen and oxygen atoms in total. The van der Waals surface area contributed by atoms with Gasteiger partial charge in [0.1, 0.15) is 0 Å². The number of allylic oxidation sites excluding steroid dienone is 2. The summed E-state index contributed by atoms with van der Waals surface area (Å²) in [5.74, 6) is 0. The third-order valence-electron chi connectivity index (χ3n) is 2.52. The molecule has 0 atom stereocenters. The number of aromatic amines is 1. The molecule has 0 aliphatic heterocycles. The van der Waals surface area contributed by atoms with Crippen LogP contribution in [0.3, 0.4) is 0 Å². The predicted octanol–water partition coefficient (Wildman–Crippen LogP) is 1.33. The van der Waals surface area contributed by atoms with E-state index in [0.29, 0.717) is 27.5 Å². The molecule has 0 unspecified atom stereocenters. The summed E-state index contributed by atoms with van der Waals surface area (Å²) >= 11 is 9.03. The number of halogens is 2. The molecule has 0 aliphatic carbocycles. The van der Waals surface area contributed by atoms with Crippen LogP contribution in [-0.4, -0.2) is 19.1 Å². The number of imidazole rings is 1. The van der Waals surface area contributed by atoms with Crippen LogP contribution in [0, 0.1) is 0 Å². The first-order chi connectivity index (χ1) is 8.41. The van der Waals surface area contributed by atoms with E-state index in [1.54, 1.807) is 24.6 Å². The fraction of sp³-hybridized carbons (Fsp3) is 0.300. The average molecular weight is 334 g/mol. The van der Waals surface area contributed by atoms with Crippen molar-refractivity contribution in [2.45, 2.75) is 13.5 Å². The molecule has 2 rings (SSSR count). The van der Waals surface area contributed by atoms with Crippen LogP contribution in [0.4, 0.5) is 0 Å². The maximum atomic E-state index is 11.8. The molecule has 8 heteroatoms. The molecule has 0 saturated carbocycles. The van der Waals surface area contributed by atoms with E-state index >= 15 is 0 Å². The van der Waals surface area contributed by atoms with Crippen molar-refractivity contribution in [3.8, 4) is 0 Å². The Balaban J connectivity index is 2.79. The predicted molar refractivity (Wildman–Crippen MR) is 72.9 cm³/mol. The molecule has 0 radical (unpaired) electrons. The Morgan fingerprint density at radius 2 is 2.22 bits per heavy atom. The SMILES string of the molecule is CC(Cl)=CCn1c(Br)nc2c1c(=O)[nH]c(=O)n2C. The molecule has 2 heterocycles. The number of hydrogen-bond donors (Lipinski definition) is 1. The van der Waals surface area contributed by atoms with Crippen LogP contribution >= 0.6 is 27.5 Å². The van der Waals surface area contributed by atoms with Crippen LogP contribution in [0.25, 0.3) is 11.2 Å². The molecule has 0 bridgehead atoms. The summed E-state index contributed by atoms with van der Waals surface area (Å²) in [5, 5.41) is 0.616. The Morgan fingerprint density at radius 1 is 1.56 bits per heavy atom. The van der Waals surface area contributed by atoms with Crippen molar-refractivity contribution in [1.29, 1.82) is 0 Å². The molecule has 0 aromatic carbocycles. The van der Waals surface area contributed by atoms with Gasteiger partial charge in [-0.2, -0.15) is 0 Å². The maximum absolute atomic E-state index is 11.8. The molecule has 0 spiro atoms. The summed E-state index contributed by atoms with van der Waals surface area (Å²) in [7, 11) is 1.55. The van der Waals surface area contributed by atoms with Crippen molar-refractivity contribution in [3.63, 3.8) is 0 Å².